The minimum atomic E-state index is -0.671. The summed E-state index contributed by atoms with van der Waals surface area (Å²) < 4.78 is 1.75. The number of halogens is 1. The van der Waals surface area contributed by atoms with Crippen molar-refractivity contribution in [2.24, 2.45) is 5.73 Å². The number of fused-ring (bicyclic) bond motifs is 1. The monoisotopic (exact) mass is 280 g/mol. The quantitative estimate of drug-likeness (QED) is 0.907. The second-order valence-corrected chi connectivity index (χ2v) is 4.62. The lowest BCUT2D eigenvalue weighted by Crippen LogP contribution is -2.39. The first-order chi connectivity index (χ1) is 8.77. The van der Waals surface area contributed by atoms with Crippen molar-refractivity contribution in [1.29, 1.82) is 0 Å². The van der Waals surface area contributed by atoms with Crippen molar-refractivity contribution in [2.75, 3.05) is 13.1 Å². The number of likely N-dealkylation sites (tertiary alicyclic amines) is 1. The van der Waals surface area contributed by atoms with Gasteiger partial charge in [0.25, 0.3) is 5.91 Å². The Morgan fingerprint density at radius 1 is 1.26 bits per heavy atom. The van der Waals surface area contributed by atoms with Crippen LogP contribution in [0.1, 0.15) is 19.0 Å². The molecule has 1 fully saturated rings. The first-order valence-electron chi connectivity index (χ1n) is 6.23. The van der Waals surface area contributed by atoms with E-state index in [-0.39, 0.29) is 18.3 Å². The van der Waals surface area contributed by atoms with E-state index in [9.17, 15) is 4.79 Å². The SMILES string of the molecule is Cl.NC(C(=O)N1CCCC1)n1cnc2ccccc21. The molecule has 5 nitrogen and oxygen atoms in total. The normalized spacial score (nSPS) is 16.4. The maximum Gasteiger partial charge on any atom is 0.260 e. The van der Waals surface area contributed by atoms with Crippen molar-refractivity contribution in [3.05, 3.63) is 30.6 Å². The number of para-hydroxylation sites is 2. The third-order valence-electron chi connectivity index (χ3n) is 3.45. The maximum absolute atomic E-state index is 12.2. The van der Waals surface area contributed by atoms with Gasteiger partial charge in [-0.25, -0.2) is 4.98 Å². The number of imidazole rings is 1. The average Bonchev–Trinajstić information content (AvgIpc) is 3.06. The van der Waals surface area contributed by atoms with Gasteiger partial charge in [-0.3, -0.25) is 4.79 Å². The van der Waals surface area contributed by atoms with Gasteiger partial charge in [0.1, 0.15) is 0 Å². The Morgan fingerprint density at radius 2 is 1.95 bits per heavy atom. The molecule has 19 heavy (non-hydrogen) atoms. The summed E-state index contributed by atoms with van der Waals surface area (Å²) in [6.45, 7) is 1.64. The molecule has 1 amide bonds. The molecule has 1 aromatic heterocycles. The zero-order chi connectivity index (χ0) is 12.5. The van der Waals surface area contributed by atoms with Crippen LogP contribution >= 0.6 is 12.4 Å². The molecule has 6 heteroatoms. The van der Waals surface area contributed by atoms with Crippen LogP contribution in [0, 0.1) is 0 Å². The number of aromatic nitrogens is 2. The first kappa shape index (κ1) is 13.8. The van der Waals surface area contributed by atoms with Crippen molar-refractivity contribution in [3.8, 4) is 0 Å². The van der Waals surface area contributed by atoms with Crippen LogP contribution in [-0.2, 0) is 4.79 Å². The van der Waals surface area contributed by atoms with Gasteiger partial charge >= 0.3 is 0 Å². The molecule has 1 unspecified atom stereocenters. The van der Waals surface area contributed by atoms with E-state index >= 15 is 0 Å². The van der Waals surface area contributed by atoms with Gasteiger partial charge in [0.05, 0.1) is 17.4 Å². The molecule has 2 N–H and O–H groups in total. The number of benzene rings is 1. The Hall–Kier alpha value is -1.59. The van der Waals surface area contributed by atoms with Crippen molar-refractivity contribution in [2.45, 2.75) is 19.0 Å². The Kier molecular flexibility index (Phi) is 4.07. The number of hydrogen-bond donors (Lipinski definition) is 1. The predicted molar refractivity (Wildman–Crippen MR) is 76.0 cm³/mol. The summed E-state index contributed by atoms with van der Waals surface area (Å²) in [7, 11) is 0. The van der Waals surface area contributed by atoms with Gasteiger partial charge in [0.2, 0.25) is 0 Å². The van der Waals surface area contributed by atoms with E-state index < -0.39 is 6.17 Å². The van der Waals surface area contributed by atoms with Crippen LogP contribution in [0.15, 0.2) is 30.6 Å². The van der Waals surface area contributed by atoms with Crippen molar-refractivity contribution < 1.29 is 4.79 Å². The summed E-state index contributed by atoms with van der Waals surface area (Å²) in [5.74, 6) is -0.0179. The highest BCUT2D eigenvalue weighted by atomic mass is 35.5. The molecule has 1 atom stereocenters. The van der Waals surface area contributed by atoms with E-state index in [0.717, 1.165) is 37.0 Å². The van der Waals surface area contributed by atoms with E-state index in [1.807, 2.05) is 29.2 Å². The minimum absolute atomic E-state index is 0. The molecule has 0 spiro atoms. The maximum atomic E-state index is 12.2. The van der Waals surface area contributed by atoms with E-state index in [4.69, 9.17) is 5.73 Å². The predicted octanol–water partition coefficient (Wildman–Crippen LogP) is 1.54. The standard InChI is InChI=1S/C13H16N4O.ClH/c14-12(13(18)16-7-3-4-8-16)17-9-15-10-5-1-2-6-11(10)17;/h1-2,5-6,9,12H,3-4,7-8,14H2;1H. The van der Waals surface area contributed by atoms with Gasteiger partial charge < -0.3 is 15.2 Å². The van der Waals surface area contributed by atoms with E-state index in [1.54, 1.807) is 10.9 Å². The minimum Gasteiger partial charge on any atom is -0.340 e. The lowest BCUT2D eigenvalue weighted by atomic mass is 10.3. The molecule has 1 aliphatic heterocycles. The molecule has 1 saturated heterocycles. The third kappa shape index (κ3) is 2.43. The Labute approximate surface area is 117 Å². The van der Waals surface area contributed by atoms with Gasteiger partial charge in [-0.1, -0.05) is 12.1 Å². The molecule has 1 aliphatic rings. The molecular formula is C13H17ClN4O. The fourth-order valence-electron chi connectivity index (χ4n) is 2.44. The molecule has 102 valence electrons. The van der Waals surface area contributed by atoms with Crippen LogP contribution in [0.3, 0.4) is 0 Å². The van der Waals surface area contributed by atoms with E-state index in [0.29, 0.717) is 0 Å². The summed E-state index contributed by atoms with van der Waals surface area (Å²) in [5.41, 5.74) is 7.82. The second-order valence-electron chi connectivity index (χ2n) is 4.62. The Bertz CT molecular complexity index is 577. The first-order valence-corrected chi connectivity index (χ1v) is 6.23. The number of nitrogens with zero attached hydrogens (tertiary/aromatic N) is 3. The number of carbonyl (C=O) groups is 1. The van der Waals surface area contributed by atoms with Gasteiger partial charge in [-0.15, -0.1) is 12.4 Å². The van der Waals surface area contributed by atoms with E-state index in [2.05, 4.69) is 4.98 Å². The van der Waals surface area contributed by atoms with Gasteiger partial charge in [-0.2, -0.15) is 0 Å². The number of nitrogens with two attached hydrogens (primary N) is 1. The molecule has 0 radical (unpaired) electrons. The van der Waals surface area contributed by atoms with Gasteiger partial charge in [0.15, 0.2) is 6.17 Å². The average molecular weight is 281 g/mol. The molecule has 2 heterocycles. The van der Waals surface area contributed by atoms with Crippen LogP contribution in [0.2, 0.25) is 0 Å². The molecule has 0 aliphatic carbocycles. The fourth-order valence-corrected chi connectivity index (χ4v) is 2.44. The second kappa shape index (κ2) is 5.59. The lowest BCUT2D eigenvalue weighted by molar-refractivity contribution is -0.133. The highest BCUT2D eigenvalue weighted by Crippen LogP contribution is 2.18. The van der Waals surface area contributed by atoms with Gasteiger partial charge in [-0.05, 0) is 25.0 Å². The molecule has 2 aromatic rings. The number of rotatable bonds is 2. The van der Waals surface area contributed by atoms with Crippen LogP contribution in [-0.4, -0.2) is 33.4 Å². The summed E-state index contributed by atoms with van der Waals surface area (Å²) in [6.07, 6.45) is 3.12. The summed E-state index contributed by atoms with van der Waals surface area (Å²) in [4.78, 5) is 18.3. The van der Waals surface area contributed by atoms with Crippen molar-refractivity contribution in [1.82, 2.24) is 14.5 Å². The van der Waals surface area contributed by atoms with Crippen LogP contribution in [0.5, 0.6) is 0 Å². The smallest absolute Gasteiger partial charge is 0.260 e. The zero-order valence-electron chi connectivity index (χ0n) is 10.5. The fraction of sp³-hybridized carbons (Fsp3) is 0.385. The Balaban J connectivity index is 0.00000133. The molecule has 0 bridgehead atoms. The highest BCUT2D eigenvalue weighted by Gasteiger charge is 2.25. The highest BCUT2D eigenvalue weighted by molar-refractivity contribution is 5.85. The third-order valence-corrected chi connectivity index (χ3v) is 3.45. The van der Waals surface area contributed by atoms with Gasteiger partial charge in [0, 0.05) is 13.1 Å². The van der Waals surface area contributed by atoms with Crippen LogP contribution in [0.25, 0.3) is 11.0 Å². The van der Waals surface area contributed by atoms with Crippen molar-refractivity contribution in [3.63, 3.8) is 0 Å². The Morgan fingerprint density at radius 3 is 2.68 bits per heavy atom. The van der Waals surface area contributed by atoms with Crippen LogP contribution in [0.4, 0.5) is 0 Å². The van der Waals surface area contributed by atoms with E-state index in [1.165, 1.54) is 0 Å². The topological polar surface area (TPSA) is 64.2 Å². The molecule has 0 saturated carbocycles. The summed E-state index contributed by atoms with van der Waals surface area (Å²) >= 11 is 0. The summed E-state index contributed by atoms with van der Waals surface area (Å²) in [6, 6.07) is 7.69. The van der Waals surface area contributed by atoms with Crippen LogP contribution < -0.4 is 5.73 Å². The number of hydrogen-bond acceptors (Lipinski definition) is 3. The number of carbonyl (C=O) groups excluding carboxylic acids is 1. The molecule has 3 rings (SSSR count). The summed E-state index contributed by atoms with van der Waals surface area (Å²) in [5, 5.41) is 0. The number of amides is 1. The molecular weight excluding hydrogens is 264 g/mol. The lowest BCUT2D eigenvalue weighted by Gasteiger charge is -2.21. The molecule has 1 aromatic carbocycles. The van der Waals surface area contributed by atoms with Crippen molar-refractivity contribution >= 4 is 29.3 Å². The zero-order valence-corrected chi connectivity index (χ0v) is 11.3. The largest absolute Gasteiger partial charge is 0.340 e.